The Morgan fingerprint density at radius 2 is 2.06 bits per heavy atom. The van der Waals surface area contributed by atoms with Crippen LogP contribution in [-0.2, 0) is 10.0 Å². The van der Waals surface area contributed by atoms with E-state index in [1.165, 1.54) is 12.1 Å². The van der Waals surface area contributed by atoms with E-state index in [0.29, 0.717) is 12.4 Å². The zero-order valence-electron chi connectivity index (χ0n) is 10.9. The molecule has 0 aliphatic rings. The minimum absolute atomic E-state index is 0.175. The minimum Gasteiger partial charge on any atom is -0.494 e. The van der Waals surface area contributed by atoms with Crippen LogP contribution in [0.15, 0.2) is 29.2 Å². The molecule has 0 aliphatic heterocycles. The fourth-order valence-corrected chi connectivity index (χ4v) is 2.52. The first-order chi connectivity index (χ1) is 8.24. The van der Waals surface area contributed by atoms with E-state index in [4.69, 9.17) is 10.5 Å². The minimum atomic E-state index is -3.54. The van der Waals surface area contributed by atoms with Gasteiger partial charge in [-0.2, -0.15) is 0 Å². The molecule has 0 atom stereocenters. The molecule has 6 heteroatoms. The van der Waals surface area contributed by atoms with E-state index in [0.717, 1.165) is 0 Å². The lowest BCUT2D eigenvalue weighted by Gasteiger charge is -2.19. The topological polar surface area (TPSA) is 81.4 Å². The fourth-order valence-electron chi connectivity index (χ4n) is 1.26. The van der Waals surface area contributed by atoms with Crippen molar-refractivity contribution in [1.29, 1.82) is 0 Å². The molecule has 0 saturated heterocycles. The molecule has 0 saturated carbocycles. The lowest BCUT2D eigenvalue weighted by atomic mass is 10.1. The van der Waals surface area contributed by atoms with Crippen LogP contribution < -0.4 is 15.2 Å². The highest BCUT2D eigenvalue weighted by molar-refractivity contribution is 7.89. The monoisotopic (exact) mass is 272 g/mol. The Balaban J connectivity index is 2.88. The van der Waals surface area contributed by atoms with Crippen molar-refractivity contribution in [3.8, 4) is 5.75 Å². The van der Waals surface area contributed by atoms with Crippen LogP contribution in [0.2, 0.25) is 0 Å². The lowest BCUT2D eigenvalue weighted by Crippen LogP contribution is -2.45. The standard InChI is InChI=1S/C12H20N2O3S/c1-4-17-10-6-5-7-11(8-10)18(15,16)14-9-12(2,3)13/h5-8,14H,4,9,13H2,1-3H3. The zero-order valence-corrected chi connectivity index (χ0v) is 11.8. The summed E-state index contributed by atoms with van der Waals surface area (Å²) in [5.74, 6) is 0.535. The Bertz CT molecular complexity index is 492. The van der Waals surface area contributed by atoms with E-state index in [-0.39, 0.29) is 11.4 Å². The maximum Gasteiger partial charge on any atom is 0.240 e. The highest BCUT2D eigenvalue weighted by atomic mass is 32.2. The molecule has 0 fully saturated rings. The van der Waals surface area contributed by atoms with Gasteiger partial charge in [0.1, 0.15) is 5.75 Å². The highest BCUT2D eigenvalue weighted by Crippen LogP contribution is 2.17. The Hall–Kier alpha value is -1.11. The number of hydrogen-bond acceptors (Lipinski definition) is 4. The van der Waals surface area contributed by atoms with Gasteiger partial charge in [0.25, 0.3) is 0 Å². The van der Waals surface area contributed by atoms with Crippen LogP contribution >= 0.6 is 0 Å². The van der Waals surface area contributed by atoms with E-state index < -0.39 is 15.6 Å². The molecule has 0 aliphatic carbocycles. The van der Waals surface area contributed by atoms with Gasteiger partial charge < -0.3 is 10.5 Å². The second-order valence-electron chi connectivity index (χ2n) is 4.72. The van der Waals surface area contributed by atoms with E-state index in [1.807, 2.05) is 6.92 Å². The Kier molecular flexibility index (Phi) is 4.72. The number of nitrogens with two attached hydrogens (primary N) is 1. The van der Waals surface area contributed by atoms with Gasteiger partial charge in [0.05, 0.1) is 11.5 Å². The van der Waals surface area contributed by atoms with Crippen LogP contribution in [0.5, 0.6) is 5.75 Å². The average Bonchev–Trinajstić information content (AvgIpc) is 2.27. The summed E-state index contributed by atoms with van der Waals surface area (Å²) in [6.45, 7) is 6.02. The first kappa shape index (κ1) is 14.9. The predicted octanol–water partition coefficient (Wildman–Crippen LogP) is 1.10. The van der Waals surface area contributed by atoms with Crippen molar-refractivity contribution in [1.82, 2.24) is 4.72 Å². The molecule has 0 radical (unpaired) electrons. The lowest BCUT2D eigenvalue weighted by molar-refractivity contribution is 0.339. The summed E-state index contributed by atoms with van der Waals surface area (Å²) in [5, 5.41) is 0. The van der Waals surface area contributed by atoms with E-state index in [2.05, 4.69) is 4.72 Å². The number of hydrogen-bond donors (Lipinski definition) is 2. The summed E-state index contributed by atoms with van der Waals surface area (Å²) in [4.78, 5) is 0.178. The summed E-state index contributed by atoms with van der Waals surface area (Å²) in [6.07, 6.45) is 0. The SMILES string of the molecule is CCOc1cccc(S(=O)(=O)NCC(C)(C)N)c1. The van der Waals surface area contributed by atoms with Crippen LogP contribution in [-0.4, -0.2) is 27.1 Å². The van der Waals surface area contributed by atoms with Crippen molar-refractivity contribution in [3.63, 3.8) is 0 Å². The molecule has 5 nitrogen and oxygen atoms in total. The molecule has 3 N–H and O–H groups in total. The van der Waals surface area contributed by atoms with Gasteiger partial charge in [-0.3, -0.25) is 0 Å². The van der Waals surface area contributed by atoms with Crippen LogP contribution in [0.25, 0.3) is 0 Å². The third kappa shape index (κ3) is 4.64. The predicted molar refractivity (Wildman–Crippen MR) is 71.1 cm³/mol. The molecule has 1 aromatic carbocycles. The first-order valence-electron chi connectivity index (χ1n) is 5.76. The van der Waals surface area contributed by atoms with Gasteiger partial charge in [0, 0.05) is 18.2 Å². The average molecular weight is 272 g/mol. The molecule has 102 valence electrons. The third-order valence-corrected chi connectivity index (χ3v) is 3.54. The van der Waals surface area contributed by atoms with E-state index >= 15 is 0 Å². The smallest absolute Gasteiger partial charge is 0.240 e. The molecule has 0 bridgehead atoms. The summed E-state index contributed by atoms with van der Waals surface area (Å²) in [5.41, 5.74) is 5.15. The second-order valence-corrected chi connectivity index (χ2v) is 6.49. The molecule has 0 aromatic heterocycles. The molecule has 0 amide bonds. The van der Waals surface area contributed by atoms with Gasteiger partial charge in [-0.25, -0.2) is 13.1 Å². The molecule has 1 rings (SSSR count). The highest BCUT2D eigenvalue weighted by Gasteiger charge is 2.19. The summed E-state index contributed by atoms with van der Waals surface area (Å²) >= 11 is 0. The van der Waals surface area contributed by atoms with Crippen molar-refractivity contribution in [2.75, 3.05) is 13.2 Å². The first-order valence-corrected chi connectivity index (χ1v) is 7.24. The van der Waals surface area contributed by atoms with Gasteiger partial charge in [-0.15, -0.1) is 0 Å². The number of benzene rings is 1. The van der Waals surface area contributed by atoms with Gasteiger partial charge >= 0.3 is 0 Å². The van der Waals surface area contributed by atoms with Crippen molar-refractivity contribution in [2.45, 2.75) is 31.2 Å². The number of ether oxygens (including phenoxy) is 1. The molecular formula is C12H20N2O3S. The number of rotatable bonds is 6. The zero-order chi connectivity index (χ0) is 13.8. The van der Waals surface area contributed by atoms with Crippen molar-refractivity contribution < 1.29 is 13.2 Å². The fraction of sp³-hybridized carbons (Fsp3) is 0.500. The number of nitrogens with one attached hydrogen (secondary N) is 1. The van der Waals surface area contributed by atoms with Crippen LogP contribution in [0.1, 0.15) is 20.8 Å². The maximum atomic E-state index is 12.0. The normalized spacial score (nSPS) is 12.4. The van der Waals surface area contributed by atoms with Gasteiger partial charge in [0.2, 0.25) is 10.0 Å². The Labute approximate surface area is 108 Å². The molecule has 0 spiro atoms. The summed E-state index contributed by atoms with van der Waals surface area (Å²) in [7, 11) is -3.54. The van der Waals surface area contributed by atoms with E-state index in [9.17, 15) is 8.42 Å². The largest absolute Gasteiger partial charge is 0.494 e. The molecule has 0 heterocycles. The van der Waals surface area contributed by atoms with Gasteiger partial charge in [-0.05, 0) is 32.9 Å². The third-order valence-electron chi connectivity index (χ3n) is 2.14. The molecular weight excluding hydrogens is 252 g/mol. The Morgan fingerprint density at radius 3 is 2.61 bits per heavy atom. The Morgan fingerprint density at radius 1 is 1.39 bits per heavy atom. The van der Waals surface area contributed by atoms with Crippen LogP contribution in [0.3, 0.4) is 0 Å². The van der Waals surface area contributed by atoms with Gasteiger partial charge in [-0.1, -0.05) is 6.07 Å². The van der Waals surface area contributed by atoms with Crippen LogP contribution in [0, 0.1) is 0 Å². The van der Waals surface area contributed by atoms with Crippen molar-refractivity contribution in [3.05, 3.63) is 24.3 Å². The molecule has 0 unspecified atom stereocenters. The molecule has 1 aromatic rings. The van der Waals surface area contributed by atoms with Crippen molar-refractivity contribution in [2.24, 2.45) is 5.73 Å². The second kappa shape index (κ2) is 5.69. The van der Waals surface area contributed by atoms with Crippen molar-refractivity contribution >= 4 is 10.0 Å². The maximum absolute atomic E-state index is 12.0. The van der Waals surface area contributed by atoms with Gasteiger partial charge in [0.15, 0.2) is 0 Å². The summed E-state index contributed by atoms with van der Waals surface area (Å²) < 4.78 is 31.8. The van der Waals surface area contributed by atoms with E-state index in [1.54, 1.807) is 26.0 Å². The summed E-state index contributed by atoms with van der Waals surface area (Å²) in [6, 6.07) is 6.38. The molecule has 18 heavy (non-hydrogen) atoms. The number of sulfonamides is 1. The quantitative estimate of drug-likeness (QED) is 0.812. The van der Waals surface area contributed by atoms with Crippen LogP contribution in [0.4, 0.5) is 0 Å².